The molecule has 1 atom stereocenters. The van der Waals surface area contributed by atoms with Crippen molar-refractivity contribution < 1.29 is 4.39 Å². The zero-order chi connectivity index (χ0) is 13.1. The number of nitrogens with two attached hydrogens (primary N) is 1. The molecule has 2 nitrogen and oxygen atoms in total. The van der Waals surface area contributed by atoms with E-state index < -0.39 is 0 Å². The Balaban J connectivity index is 2.19. The Morgan fingerprint density at radius 2 is 2.00 bits per heavy atom. The number of benzene rings is 1. The predicted molar refractivity (Wildman–Crippen MR) is 70.7 cm³/mol. The maximum absolute atomic E-state index is 13.1. The van der Waals surface area contributed by atoms with Crippen LogP contribution in [-0.4, -0.2) is 4.98 Å². The molecule has 2 aromatic rings. The zero-order valence-corrected chi connectivity index (χ0v) is 10.7. The van der Waals surface area contributed by atoms with Gasteiger partial charge in [-0.05, 0) is 49.6 Å². The minimum absolute atomic E-state index is 0.153. The lowest BCUT2D eigenvalue weighted by Gasteiger charge is -2.14. The topological polar surface area (TPSA) is 38.9 Å². The molecule has 1 unspecified atom stereocenters. The van der Waals surface area contributed by atoms with E-state index in [0.717, 1.165) is 22.5 Å². The third kappa shape index (κ3) is 2.93. The van der Waals surface area contributed by atoms with E-state index in [1.807, 2.05) is 32.0 Å². The van der Waals surface area contributed by atoms with Gasteiger partial charge in [0.05, 0.1) is 0 Å². The summed E-state index contributed by atoms with van der Waals surface area (Å²) in [6.07, 6.45) is 0.614. The van der Waals surface area contributed by atoms with Crippen molar-refractivity contribution in [2.45, 2.75) is 26.3 Å². The van der Waals surface area contributed by atoms with Gasteiger partial charge in [-0.25, -0.2) is 4.39 Å². The van der Waals surface area contributed by atoms with Crippen LogP contribution in [-0.2, 0) is 6.42 Å². The van der Waals surface area contributed by atoms with Crippen molar-refractivity contribution in [3.05, 3.63) is 64.7 Å². The Kier molecular flexibility index (Phi) is 3.72. The van der Waals surface area contributed by atoms with E-state index in [1.165, 1.54) is 12.1 Å². The Morgan fingerprint density at radius 3 is 2.67 bits per heavy atom. The van der Waals surface area contributed by atoms with Crippen molar-refractivity contribution in [1.82, 2.24) is 4.98 Å². The molecule has 0 aliphatic heterocycles. The molecule has 0 spiro atoms. The molecule has 1 heterocycles. The first-order valence-electron chi connectivity index (χ1n) is 6.00. The lowest BCUT2D eigenvalue weighted by atomic mass is 9.98. The van der Waals surface area contributed by atoms with Crippen molar-refractivity contribution in [3.8, 4) is 0 Å². The van der Waals surface area contributed by atoms with Crippen molar-refractivity contribution in [2.24, 2.45) is 5.73 Å². The molecule has 2 rings (SSSR count). The fraction of sp³-hybridized carbons (Fsp3) is 0.267. The molecule has 0 aliphatic carbocycles. The Bertz CT molecular complexity index is 552. The van der Waals surface area contributed by atoms with Crippen LogP contribution >= 0.6 is 0 Å². The van der Waals surface area contributed by atoms with Crippen LogP contribution in [0.1, 0.15) is 28.6 Å². The average molecular weight is 244 g/mol. The molecule has 2 N–H and O–H groups in total. The second-order valence-electron chi connectivity index (χ2n) is 4.57. The molecule has 18 heavy (non-hydrogen) atoms. The maximum Gasteiger partial charge on any atom is 0.123 e. The summed E-state index contributed by atoms with van der Waals surface area (Å²) in [5.74, 6) is -0.224. The van der Waals surface area contributed by atoms with Crippen LogP contribution in [0.15, 0.2) is 36.4 Å². The molecular formula is C15H17FN2. The molecule has 0 fully saturated rings. The Morgan fingerprint density at radius 1 is 1.22 bits per heavy atom. The molecule has 1 aromatic heterocycles. The normalized spacial score (nSPS) is 12.4. The van der Waals surface area contributed by atoms with Gasteiger partial charge in [0.2, 0.25) is 0 Å². The SMILES string of the molecule is Cc1ccc(C(N)Cc2cccc(F)c2)c(C)n1. The van der Waals surface area contributed by atoms with Gasteiger partial charge in [0.25, 0.3) is 0 Å². The molecule has 0 bridgehead atoms. The Hall–Kier alpha value is -1.74. The van der Waals surface area contributed by atoms with E-state index in [2.05, 4.69) is 4.98 Å². The summed E-state index contributed by atoms with van der Waals surface area (Å²) in [6, 6.07) is 10.4. The summed E-state index contributed by atoms with van der Waals surface area (Å²) in [7, 11) is 0. The van der Waals surface area contributed by atoms with Crippen LogP contribution in [0, 0.1) is 19.7 Å². The number of hydrogen-bond donors (Lipinski definition) is 1. The highest BCUT2D eigenvalue weighted by molar-refractivity contribution is 5.27. The van der Waals surface area contributed by atoms with Gasteiger partial charge in [0, 0.05) is 17.4 Å². The van der Waals surface area contributed by atoms with Crippen LogP contribution in [0.2, 0.25) is 0 Å². The van der Waals surface area contributed by atoms with Gasteiger partial charge >= 0.3 is 0 Å². The largest absolute Gasteiger partial charge is 0.324 e. The first-order chi connectivity index (χ1) is 8.56. The lowest BCUT2D eigenvalue weighted by Crippen LogP contribution is -2.15. The number of halogens is 1. The summed E-state index contributed by atoms with van der Waals surface area (Å²) < 4.78 is 13.1. The van der Waals surface area contributed by atoms with Gasteiger partial charge < -0.3 is 5.73 Å². The molecule has 0 saturated carbocycles. The minimum Gasteiger partial charge on any atom is -0.324 e. The fourth-order valence-corrected chi connectivity index (χ4v) is 2.12. The van der Waals surface area contributed by atoms with Crippen LogP contribution in [0.4, 0.5) is 4.39 Å². The highest BCUT2D eigenvalue weighted by Gasteiger charge is 2.11. The van der Waals surface area contributed by atoms with Crippen molar-refractivity contribution >= 4 is 0 Å². The van der Waals surface area contributed by atoms with Crippen LogP contribution in [0.25, 0.3) is 0 Å². The molecule has 0 aliphatic rings. The molecule has 0 saturated heterocycles. The molecule has 0 radical (unpaired) electrons. The van der Waals surface area contributed by atoms with E-state index >= 15 is 0 Å². The van der Waals surface area contributed by atoms with E-state index in [4.69, 9.17) is 5.73 Å². The number of hydrogen-bond acceptors (Lipinski definition) is 2. The van der Waals surface area contributed by atoms with Crippen LogP contribution in [0.3, 0.4) is 0 Å². The van der Waals surface area contributed by atoms with Gasteiger partial charge in [0.1, 0.15) is 5.82 Å². The number of aryl methyl sites for hydroxylation is 2. The summed E-state index contributed by atoms with van der Waals surface area (Å²) >= 11 is 0. The van der Waals surface area contributed by atoms with Crippen molar-refractivity contribution in [2.75, 3.05) is 0 Å². The summed E-state index contributed by atoms with van der Waals surface area (Å²) in [4.78, 5) is 4.40. The lowest BCUT2D eigenvalue weighted by molar-refractivity contribution is 0.621. The summed E-state index contributed by atoms with van der Waals surface area (Å²) in [5.41, 5.74) is 10.0. The van der Waals surface area contributed by atoms with E-state index in [1.54, 1.807) is 6.07 Å². The van der Waals surface area contributed by atoms with Gasteiger partial charge in [0.15, 0.2) is 0 Å². The third-order valence-corrected chi connectivity index (χ3v) is 3.01. The van der Waals surface area contributed by atoms with Gasteiger partial charge in [-0.2, -0.15) is 0 Å². The van der Waals surface area contributed by atoms with E-state index in [9.17, 15) is 4.39 Å². The van der Waals surface area contributed by atoms with Gasteiger partial charge in [-0.15, -0.1) is 0 Å². The summed E-state index contributed by atoms with van der Waals surface area (Å²) in [5, 5.41) is 0. The number of nitrogens with zero attached hydrogens (tertiary/aromatic N) is 1. The molecule has 3 heteroatoms. The quantitative estimate of drug-likeness (QED) is 0.901. The van der Waals surface area contributed by atoms with E-state index in [-0.39, 0.29) is 11.9 Å². The first-order valence-corrected chi connectivity index (χ1v) is 6.00. The second kappa shape index (κ2) is 5.27. The van der Waals surface area contributed by atoms with Crippen LogP contribution in [0.5, 0.6) is 0 Å². The highest BCUT2D eigenvalue weighted by atomic mass is 19.1. The van der Waals surface area contributed by atoms with Crippen molar-refractivity contribution in [3.63, 3.8) is 0 Å². The first kappa shape index (κ1) is 12.7. The smallest absolute Gasteiger partial charge is 0.123 e. The Labute approximate surface area is 107 Å². The maximum atomic E-state index is 13.1. The van der Waals surface area contributed by atoms with Gasteiger partial charge in [-0.1, -0.05) is 18.2 Å². The molecule has 0 amide bonds. The molecule has 94 valence electrons. The molecular weight excluding hydrogens is 227 g/mol. The van der Waals surface area contributed by atoms with Gasteiger partial charge in [-0.3, -0.25) is 4.98 Å². The van der Waals surface area contributed by atoms with E-state index in [0.29, 0.717) is 6.42 Å². The molecule has 1 aromatic carbocycles. The third-order valence-electron chi connectivity index (χ3n) is 3.01. The fourth-order valence-electron chi connectivity index (χ4n) is 2.12. The second-order valence-corrected chi connectivity index (χ2v) is 4.57. The number of rotatable bonds is 3. The standard InChI is InChI=1S/C15H17FN2/c1-10-6-7-14(11(2)18-10)15(17)9-12-4-3-5-13(16)8-12/h3-8,15H,9,17H2,1-2H3. The van der Waals surface area contributed by atoms with Crippen LogP contribution < -0.4 is 5.73 Å². The minimum atomic E-state index is -0.224. The summed E-state index contributed by atoms with van der Waals surface area (Å²) in [6.45, 7) is 3.91. The monoisotopic (exact) mass is 244 g/mol. The highest BCUT2D eigenvalue weighted by Crippen LogP contribution is 2.19. The average Bonchev–Trinajstić information content (AvgIpc) is 2.28. The predicted octanol–water partition coefficient (Wildman–Crippen LogP) is 3.08. The number of aromatic nitrogens is 1. The number of pyridine rings is 1. The van der Waals surface area contributed by atoms with Crippen molar-refractivity contribution in [1.29, 1.82) is 0 Å². The zero-order valence-electron chi connectivity index (χ0n) is 10.7.